The third-order valence-corrected chi connectivity index (χ3v) is 3.89. The quantitative estimate of drug-likeness (QED) is 0.646. The second kappa shape index (κ2) is 7.59. The van der Waals surface area contributed by atoms with E-state index in [2.05, 4.69) is 5.32 Å². The van der Waals surface area contributed by atoms with E-state index in [9.17, 15) is 14.9 Å². The number of aryl methyl sites for hydroxylation is 1. The lowest BCUT2D eigenvalue weighted by molar-refractivity contribution is -0.385. The lowest BCUT2D eigenvalue weighted by Gasteiger charge is -2.18. The Balaban J connectivity index is 2.16. The number of nitrogens with one attached hydrogen (secondary N) is 1. The predicted octanol–water partition coefficient (Wildman–Crippen LogP) is 3.79. The van der Waals surface area contributed by atoms with Gasteiger partial charge in [-0.15, -0.1) is 0 Å². The van der Waals surface area contributed by atoms with Gasteiger partial charge in [-0.1, -0.05) is 19.1 Å². The minimum Gasteiger partial charge on any atom is -0.497 e. The van der Waals surface area contributed by atoms with Gasteiger partial charge in [-0.25, -0.2) is 0 Å². The molecule has 2 aromatic carbocycles. The van der Waals surface area contributed by atoms with Crippen molar-refractivity contribution in [3.63, 3.8) is 0 Å². The summed E-state index contributed by atoms with van der Waals surface area (Å²) < 4.78 is 5.13. The number of ether oxygens (including phenoxy) is 1. The summed E-state index contributed by atoms with van der Waals surface area (Å²) >= 11 is 0. The maximum atomic E-state index is 12.4. The molecule has 0 aliphatic rings. The summed E-state index contributed by atoms with van der Waals surface area (Å²) in [6.07, 6.45) is 0.726. The van der Waals surface area contributed by atoms with Gasteiger partial charge >= 0.3 is 0 Å². The number of nitro benzene ring substituents is 1. The lowest BCUT2D eigenvalue weighted by Crippen LogP contribution is -2.28. The van der Waals surface area contributed by atoms with Crippen LogP contribution in [-0.2, 0) is 0 Å². The van der Waals surface area contributed by atoms with Crippen molar-refractivity contribution in [2.24, 2.45) is 0 Å². The van der Waals surface area contributed by atoms with Crippen LogP contribution in [0.15, 0.2) is 42.5 Å². The average Bonchev–Trinajstić information content (AvgIpc) is 2.59. The monoisotopic (exact) mass is 328 g/mol. The van der Waals surface area contributed by atoms with Crippen LogP contribution in [0, 0.1) is 17.0 Å². The Hall–Kier alpha value is -2.89. The Morgan fingerprint density at radius 2 is 1.92 bits per heavy atom. The van der Waals surface area contributed by atoms with Crippen LogP contribution in [0.4, 0.5) is 5.69 Å². The smallest absolute Gasteiger partial charge is 0.272 e. The molecule has 2 aromatic rings. The molecule has 0 saturated carbocycles. The molecule has 6 heteroatoms. The number of nitrogens with zero attached hydrogens (tertiary/aromatic N) is 1. The van der Waals surface area contributed by atoms with Crippen molar-refractivity contribution in [3.05, 3.63) is 69.3 Å². The second-order valence-corrected chi connectivity index (χ2v) is 5.47. The van der Waals surface area contributed by atoms with Gasteiger partial charge in [0.15, 0.2) is 0 Å². The largest absolute Gasteiger partial charge is 0.497 e. The number of nitro groups is 1. The number of rotatable bonds is 6. The SMILES string of the molecule is CC[C@@H](NC(=O)c1ccc([N+](=O)[O-])c(C)c1)c1ccc(OC)cc1. The van der Waals surface area contributed by atoms with Crippen molar-refractivity contribution in [2.75, 3.05) is 7.11 Å². The van der Waals surface area contributed by atoms with Gasteiger partial charge in [-0.05, 0) is 43.2 Å². The topological polar surface area (TPSA) is 81.5 Å². The summed E-state index contributed by atoms with van der Waals surface area (Å²) in [5.74, 6) is 0.501. The Kier molecular flexibility index (Phi) is 5.52. The fourth-order valence-corrected chi connectivity index (χ4v) is 2.50. The van der Waals surface area contributed by atoms with E-state index in [1.165, 1.54) is 18.2 Å². The average molecular weight is 328 g/mol. The van der Waals surface area contributed by atoms with E-state index in [1.54, 1.807) is 14.0 Å². The van der Waals surface area contributed by atoms with E-state index < -0.39 is 4.92 Å². The molecule has 0 aromatic heterocycles. The van der Waals surface area contributed by atoms with Gasteiger partial charge in [0, 0.05) is 17.2 Å². The molecule has 0 aliphatic heterocycles. The molecule has 24 heavy (non-hydrogen) atoms. The van der Waals surface area contributed by atoms with E-state index in [1.807, 2.05) is 31.2 Å². The number of methoxy groups -OCH3 is 1. The van der Waals surface area contributed by atoms with Crippen LogP contribution in [0.25, 0.3) is 0 Å². The Morgan fingerprint density at radius 1 is 1.25 bits per heavy atom. The van der Waals surface area contributed by atoms with Crippen LogP contribution in [0.3, 0.4) is 0 Å². The van der Waals surface area contributed by atoms with Crippen LogP contribution < -0.4 is 10.1 Å². The highest BCUT2D eigenvalue weighted by atomic mass is 16.6. The zero-order valence-electron chi connectivity index (χ0n) is 13.9. The normalized spacial score (nSPS) is 11.6. The molecular formula is C18H20N2O4. The highest BCUT2D eigenvalue weighted by molar-refractivity contribution is 5.95. The fourth-order valence-electron chi connectivity index (χ4n) is 2.50. The van der Waals surface area contributed by atoms with Gasteiger partial charge in [0.2, 0.25) is 0 Å². The molecule has 2 rings (SSSR count). The maximum absolute atomic E-state index is 12.4. The molecule has 0 spiro atoms. The van der Waals surface area contributed by atoms with Gasteiger partial charge in [0.1, 0.15) is 5.75 Å². The first kappa shape index (κ1) is 17.5. The van der Waals surface area contributed by atoms with Gasteiger partial charge in [-0.2, -0.15) is 0 Å². The van der Waals surface area contributed by atoms with E-state index in [4.69, 9.17) is 4.74 Å². The van der Waals surface area contributed by atoms with Gasteiger partial charge in [0.05, 0.1) is 18.1 Å². The molecule has 0 unspecified atom stereocenters. The van der Waals surface area contributed by atoms with Crippen LogP contribution in [-0.4, -0.2) is 17.9 Å². The summed E-state index contributed by atoms with van der Waals surface area (Å²) in [5, 5.41) is 13.8. The van der Waals surface area contributed by atoms with Crippen LogP contribution in [0.1, 0.15) is 40.9 Å². The first-order valence-electron chi connectivity index (χ1n) is 7.66. The minimum atomic E-state index is -0.455. The summed E-state index contributed by atoms with van der Waals surface area (Å²) in [7, 11) is 1.60. The van der Waals surface area contributed by atoms with Crippen molar-refractivity contribution in [2.45, 2.75) is 26.3 Å². The van der Waals surface area contributed by atoms with Crippen molar-refractivity contribution < 1.29 is 14.5 Å². The van der Waals surface area contributed by atoms with Crippen molar-refractivity contribution in [1.82, 2.24) is 5.32 Å². The van der Waals surface area contributed by atoms with Crippen molar-refractivity contribution in [3.8, 4) is 5.75 Å². The van der Waals surface area contributed by atoms with Gasteiger partial charge in [-0.3, -0.25) is 14.9 Å². The highest BCUT2D eigenvalue weighted by Gasteiger charge is 2.17. The number of amides is 1. The molecule has 0 aliphatic carbocycles. The minimum absolute atomic E-state index is 0.00810. The zero-order chi connectivity index (χ0) is 17.7. The zero-order valence-corrected chi connectivity index (χ0v) is 13.9. The highest BCUT2D eigenvalue weighted by Crippen LogP contribution is 2.22. The van der Waals surface area contributed by atoms with Gasteiger partial charge < -0.3 is 10.1 Å². The Bertz CT molecular complexity index is 741. The Labute approximate surface area is 140 Å². The van der Waals surface area contributed by atoms with E-state index in [0.717, 1.165) is 17.7 Å². The van der Waals surface area contributed by atoms with E-state index >= 15 is 0 Å². The predicted molar refractivity (Wildman–Crippen MR) is 91.3 cm³/mol. The number of hydrogen-bond acceptors (Lipinski definition) is 4. The molecule has 0 saturated heterocycles. The maximum Gasteiger partial charge on any atom is 0.272 e. The summed E-state index contributed by atoms with van der Waals surface area (Å²) in [6.45, 7) is 3.60. The molecule has 0 radical (unpaired) electrons. The molecule has 1 atom stereocenters. The molecule has 1 amide bonds. The summed E-state index contributed by atoms with van der Waals surface area (Å²) in [5.41, 5.74) is 1.86. The van der Waals surface area contributed by atoms with Crippen LogP contribution >= 0.6 is 0 Å². The third-order valence-electron chi connectivity index (χ3n) is 3.89. The molecule has 126 valence electrons. The van der Waals surface area contributed by atoms with Crippen LogP contribution in [0.2, 0.25) is 0 Å². The number of carbonyl (C=O) groups is 1. The molecule has 6 nitrogen and oxygen atoms in total. The first-order valence-corrected chi connectivity index (χ1v) is 7.66. The third kappa shape index (κ3) is 3.90. The molecule has 0 fully saturated rings. The van der Waals surface area contributed by atoms with E-state index in [0.29, 0.717) is 11.1 Å². The van der Waals surface area contributed by atoms with E-state index in [-0.39, 0.29) is 17.6 Å². The molecule has 0 bridgehead atoms. The number of benzene rings is 2. The second-order valence-electron chi connectivity index (χ2n) is 5.47. The van der Waals surface area contributed by atoms with Crippen molar-refractivity contribution in [1.29, 1.82) is 0 Å². The number of carbonyl (C=O) groups excluding carboxylic acids is 1. The summed E-state index contributed by atoms with van der Waals surface area (Å²) in [4.78, 5) is 22.8. The number of hydrogen-bond donors (Lipinski definition) is 1. The molecular weight excluding hydrogens is 308 g/mol. The van der Waals surface area contributed by atoms with Crippen LogP contribution in [0.5, 0.6) is 5.75 Å². The van der Waals surface area contributed by atoms with Gasteiger partial charge in [0.25, 0.3) is 11.6 Å². The summed E-state index contributed by atoms with van der Waals surface area (Å²) in [6, 6.07) is 11.7. The van der Waals surface area contributed by atoms with Crippen molar-refractivity contribution >= 4 is 11.6 Å². The Morgan fingerprint density at radius 3 is 2.42 bits per heavy atom. The fraction of sp³-hybridized carbons (Fsp3) is 0.278. The molecule has 1 N–H and O–H groups in total. The molecule has 0 heterocycles. The first-order chi connectivity index (χ1) is 11.5. The lowest BCUT2D eigenvalue weighted by atomic mass is 10.0. The standard InChI is InChI=1S/C18H20N2O4/c1-4-16(13-5-8-15(24-3)9-6-13)19-18(21)14-7-10-17(20(22)23)12(2)11-14/h5-11,16H,4H2,1-3H3,(H,19,21)/t16-/m1/s1.